The summed E-state index contributed by atoms with van der Waals surface area (Å²) in [5.74, 6) is -0.279. The minimum absolute atomic E-state index is 0.212. The number of rotatable bonds is 3. The van der Waals surface area contributed by atoms with E-state index in [2.05, 4.69) is 15.4 Å². The SMILES string of the molecule is Cc1ccc(NC(=O)c2ccc([C@H]3Nc4ccccc4S(=O)(=O)N3)cc2)cc1Cl. The van der Waals surface area contributed by atoms with Crippen molar-refractivity contribution >= 4 is 38.9 Å². The Balaban J connectivity index is 1.52. The van der Waals surface area contributed by atoms with Gasteiger partial charge in [-0.15, -0.1) is 0 Å². The van der Waals surface area contributed by atoms with Gasteiger partial charge in [-0.2, -0.15) is 4.72 Å². The number of hydrogen-bond acceptors (Lipinski definition) is 4. The van der Waals surface area contributed by atoms with E-state index in [0.29, 0.717) is 27.5 Å². The Kier molecular flexibility index (Phi) is 5.04. The third-order valence-corrected chi connectivity index (χ3v) is 6.57. The first-order chi connectivity index (χ1) is 13.8. The van der Waals surface area contributed by atoms with Crippen LogP contribution < -0.4 is 15.4 Å². The van der Waals surface area contributed by atoms with Crippen LogP contribution in [0, 0.1) is 6.92 Å². The van der Waals surface area contributed by atoms with Crippen LogP contribution >= 0.6 is 11.6 Å². The van der Waals surface area contributed by atoms with Crippen molar-refractivity contribution < 1.29 is 13.2 Å². The number of carbonyl (C=O) groups is 1. The summed E-state index contributed by atoms with van der Waals surface area (Å²) >= 11 is 6.09. The summed E-state index contributed by atoms with van der Waals surface area (Å²) in [7, 11) is -3.62. The maximum atomic E-state index is 12.5. The molecular weight excluding hydrogens is 410 g/mol. The second-order valence-corrected chi connectivity index (χ2v) is 8.82. The molecule has 0 spiro atoms. The van der Waals surface area contributed by atoms with Crippen LogP contribution in [0.3, 0.4) is 0 Å². The number of amides is 1. The molecule has 0 unspecified atom stereocenters. The molecule has 1 atom stereocenters. The molecule has 8 heteroatoms. The fraction of sp³-hybridized carbons (Fsp3) is 0.0952. The van der Waals surface area contributed by atoms with E-state index in [-0.39, 0.29) is 10.8 Å². The minimum atomic E-state index is -3.62. The second kappa shape index (κ2) is 7.51. The Morgan fingerprint density at radius 2 is 1.76 bits per heavy atom. The lowest BCUT2D eigenvalue weighted by Gasteiger charge is -2.28. The fourth-order valence-electron chi connectivity index (χ4n) is 3.08. The van der Waals surface area contributed by atoms with Crippen LogP contribution in [-0.2, 0) is 10.0 Å². The highest BCUT2D eigenvalue weighted by atomic mass is 35.5. The molecule has 1 heterocycles. The Hall–Kier alpha value is -2.87. The molecule has 0 aliphatic carbocycles. The summed E-state index contributed by atoms with van der Waals surface area (Å²) in [6, 6.07) is 18.8. The molecule has 1 aliphatic rings. The zero-order chi connectivity index (χ0) is 20.6. The number of anilines is 2. The molecular formula is C21H18ClN3O3S. The Morgan fingerprint density at radius 1 is 1.03 bits per heavy atom. The lowest BCUT2D eigenvalue weighted by Crippen LogP contribution is -2.38. The molecule has 3 aromatic carbocycles. The van der Waals surface area contributed by atoms with Gasteiger partial charge in [0.2, 0.25) is 10.0 Å². The van der Waals surface area contributed by atoms with Gasteiger partial charge in [0.05, 0.1) is 5.69 Å². The Morgan fingerprint density at radius 3 is 2.48 bits per heavy atom. The molecule has 29 heavy (non-hydrogen) atoms. The highest BCUT2D eigenvalue weighted by molar-refractivity contribution is 7.89. The predicted molar refractivity (Wildman–Crippen MR) is 114 cm³/mol. The molecule has 0 saturated carbocycles. The van der Waals surface area contributed by atoms with Crippen molar-refractivity contribution in [1.82, 2.24) is 4.72 Å². The van der Waals surface area contributed by atoms with Crippen LogP contribution in [0.5, 0.6) is 0 Å². The van der Waals surface area contributed by atoms with Gasteiger partial charge in [-0.05, 0) is 54.4 Å². The van der Waals surface area contributed by atoms with Crippen molar-refractivity contribution in [2.75, 3.05) is 10.6 Å². The summed E-state index contributed by atoms with van der Waals surface area (Å²) in [5, 5.41) is 6.54. The first-order valence-corrected chi connectivity index (χ1v) is 10.7. The van der Waals surface area contributed by atoms with Gasteiger partial charge in [0.15, 0.2) is 0 Å². The molecule has 4 rings (SSSR count). The highest BCUT2D eigenvalue weighted by Gasteiger charge is 2.29. The second-order valence-electron chi connectivity index (χ2n) is 6.73. The van der Waals surface area contributed by atoms with Crippen molar-refractivity contribution in [3.05, 3.63) is 88.4 Å². The van der Waals surface area contributed by atoms with Crippen molar-refractivity contribution in [2.45, 2.75) is 18.0 Å². The number of carbonyl (C=O) groups excluding carboxylic acids is 1. The number of fused-ring (bicyclic) bond motifs is 1. The fourth-order valence-corrected chi connectivity index (χ4v) is 4.56. The van der Waals surface area contributed by atoms with Crippen LogP contribution in [0.15, 0.2) is 71.6 Å². The van der Waals surface area contributed by atoms with E-state index in [1.165, 1.54) is 0 Å². The van der Waals surface area contributed by atoms with Crippen LogP contribution in [0.25, 0.3) is 0 Å². The number of para-hydroxylation sites is 1. The molecule has 6 nitrogen and oxygen atoms in total. The quantitative estimate of drug-likeness (QED) is 0.581. The van der Waals surface area contributed by atoms with Crippen molar-refractivity contribution in [1.29, 1.82) is 0 Å². The van der Waals surface area contributed by atoms with Gasteiger partial charge < -0.3 is 10.6 Å². The van der Waals surface area contributed by atoms with Gasteiger partial charge in [0, 0.05) is 16.3 Å². The van der Waals surface area contributed by atoms with E-state index in [4.69, 9.17) is 11.6 Å². The van der Waals surface area contributed by atoms with Gasteiger partial charge in [0.1, 0.15) is 11.1 Å². The third-order valence-electron chi connectivity index (χ3n) is 4.69. The molecule has 0 aromatic heterocycles. The number of sulfonamides is 1. The molecule has 148 valence electrons. The van der Waals surface area contributed by atoms with Gasteiger partial charge >= 0.3 is 0 Å². The zero-order valence-corrected chi connectivity index (χ0v) is 17.0. The maximum absolute atomic E-state index is 12.5. The van der Waals surface area contributed by atoms with Crippen LogP contribution in [0.2, 0.25) is 5.02 Å². The Labute approximate surface area is 174 Å². The normalized spacial score (nSPS) is 17.1. The van der Waals surface area contributed by atoms with E-state index in [9.17, 15) is 13.2 Å². The summed E-state index contributed by atoms with van der Waals surface area (Å²) < 4.78 is 27.5. The molecule has 1 amide bonds. The molecule has 3 aromatic rings. The highest BCUT2D eigenvalue weighted by Crippen LogP contribution is 2.30. The van der Waals surface area contributed by atoms with Crippen LogP contribution in [-0.4, -0.2) is 14.3 Å². The van der Waals surface area contributed by atoms with Crippen molar-refractivity contribution in [2.24, 2.45) is 0 Å². The lowest BCUT2D eigenvalue weighted by atomic mass is 10.1. The van der Waals surface area contributed by atoms with Gasteiger partial charge in [-0.1, -0.05) is 41.9 Å². The van der Waals surface area contributed by atoms with E-state index in [1.54, 1.807) is 60.7 Å². The molecule has 0 fully saturated rings. The van der Waals surface area contributed by atoms with E-state index < -0.39 is 16.2 Å². The molecule has 0 radical (unpaired) electrons. The molecule has 3 N–H and O–H groups in total. The van der Waals surface area contributed by atoms with Crippen LogP contribution in [0.4, 0.5) is 11.4 Å². The van der Waals surface area contributed by atoms with Crippen LogP contribution in [0.1, 0.15) is 27.7 Å². The largest absolute Gasteiger partial charge is 0.364 e. The van der Waals surface area contributed by atoms with Gasteiger partial charge in [-0.25, -0.2) is 8.42 Å². The number of aryl methyl sites for hydroxylation is 1. The first-order valence-electron chi connectivity index (χ1n) is 8.89. The average Bonchev–Trinajstić information content (AvgIpc) is 2.70. The monoisotopic (exact) mass is 427 g/mol. The summed E-state index contributed by atoms with van der Waals surface area (Å²) in [6.07, 6.45) is -0.622. The third kappa shape index (κ3) is 3.98. The van der Waals surface area contributed by atoms with E-state index in [1.807, 2.05) is 13.0 Å². The summed E-state index contributed by atoms with van der Waals surface area (Å²) in [5.41, 5.74) is 3.21. The molecule has 0 bridgehead atoms. The molecule has 0 saturated heterocycles. The summed E-state index contributed by atoms with van der Waals surface area (Å²) in [4.78, 5) is 12.7. The number of halogens is 1. The average molecular weight is 428 g/mol. The summed E-state index contributed by atoms with van der Waals surface area (Å²) in [6.45, 7) is 1.89. The number of nitrogens with one attached hydrogen (secondary N) is 3. The number of benzene rings is 3. The predicted octanol–water partition coefficient (Wildman–Crippen LogP) is 4.30. The van der Waals surface area contributed by atoms with Crippen molar-refractivity contribution in [3.63, 3.8) is 0 Å². The number of hydrogen-bond donors (Lipinski definition) is 3. The smallest absolute Gasteiger partial charge is 0.255 e. The standard InChI is InChI=1S/C21H18ClN3O3S/c1-13-6-11-16(12-17(13)22)23-21(26)15-9-7-14(8-10-15)20-24-18-4-2-3-5-19(18)29(27,28)25-20/h2-12,20,24-25H,1H3,(H,23,26)/t20-/m0/s1. The Bertz CT molecular complexity index is 1190. The zero-order valence-electron chi connectivity index (χ0n) is 15.4. The van der Waals surface area contributed by atoms with Gasteiger partial charge in [0.25, 0.3) is 5.91 Å². The van der Waals surface area contributed by atoms with E-state index in [0.717, 1.165) is 5.56 Å². The maximum Gasteiger partial charge on any atom is 0.255 e. The van der Waals surface area contributed by atoms with E-state index >= 15 is 0 Å². The van der Waals surface area contributed by atoms with Crippen molar-refractivity contribution in [3.8, 4) is 0 Å². The minimum Gasteiger partial charge on any atom is -0.364 e. The lowest BCUT2D eigenvalue weighted by molar-refractivity contribution is 0.102. The van der Waals surface area contributed by atoms with Gasteiger partial charge in [-0.3, -0.25) is 4.79 Å². The topological polar surface area (TPSA) is 87.3 Å². The molecule has 1 aliphatic heterocycles. The first kappa shape index (κ1) is 19.4.